The number of thiazole rings is 1. The van der Waals surface area contributed by atoms with Crippen LogP contribution in [-0.2, 0) is 38.4 Å². The maximum absolute atomic E-state index is 13.8. The molecule has 2 aliphatic heterocycles. The van der Waals surface area contributed by atoms with Crippen molar-refractivity contribution >= 4 is 61.2 Å². The summed E-state index contributed by atoms with van der Waals surface area (Å²) in [5.41, 5.74) is 7.98. The van der Waals surface area contributed by atoms with Crippen molar-refractivity contribution in [1.82, 2.24) is 14.9 Å². The number of amides is 1. The fourth-order valence-corrected chi connectivity index (χ4v) is 7.40. The number of carbonyl (C=O) groups excluding carboxylic acids is 2. The van der Waals surface area contributed by atoms with E-state index in [1.54, 1.807) is 13.1 Å². The molecule has 2 fully saturated rings. The number of carbonyl (C=O) groups is 2. The molecule has 2 saturated heterocycles. The summed E-state index contributed by atoms with van der Waals surface area (Å²) in [4.78, 5) is 39.2. The van der Waals surface area contributed by atoms with Gasteiger partial charge < -0.3 is 24.8 Å². The molecule has 3 atom stereocenters. The normalized spacial score (nSPS) is 18.9. The van der Waals surface area contributed by atoms with E-state index < -0.39 is 35.2 Å². The second-order valence-corrected chi connectivity index (χ2v) is 11.7. The molecule has 0 bridgehead atoms. The maximum atomic E-state index is 13.8. The smallest absolute Gasteiger partial charge is 0.329 e. The van der Waals surface area contributed by atoms with Gasteiger partial charge in [-0.15, -0.1) is 0 Å². The van der Waals surface area contributed by atoms with Gasteiger partial charge in [0.1, 0.15) is 22.9 Å². The molecule has 2 aliphatic rings. The van der Waals surface area contributed by atoms with Crippen LogP contribution in [0.1, 0.15) is 44.2 Å². The first kappa shape index (κ1) is 28.2. The second-order valence-electron chi connectivity index (χ2n) is 9.92. The number of nitrogens with two attached hydrogens (primary N) is 1. The van der Waals surface area contributed by atoms with E-state index in [1.807, 2.05) is 25.1 Å². The number of nitrogens with zero attached hydrogens (tertiary/aromatic N) is 5. The fraction of sp³-hybridized carbons (Fsp3) is 0.481. The van der Waals surface area contributed by atoms with Crippen molar-refractivity contribution in [1.29, 1.82) is 0 Å². The number of rotatable bonds is 10. The van der Waals surface area contributed by atoms with E-state index in [4.69, 9.17) is 10.5 Å². The molecule has 2 aromatic heterocycles. The molecule has 0 aliphatic carbocycles. The minimum Gasteiger partial charge on any atom is -0.755 e. The molecule has 3 aromatic rings. The summed E-state index contributed by atoms with van der Waals surface area (Å²) in [6, 6.07) is 3.96. The summed E-state index contributed by atoms with van der Waals surface area (Å²) < 4.78 is 31.3. The van der Waals surface area contributed by atoms with Gasteiger partial charge in [-0.05, 0) is 61.3 Å². The molecule has 11 nitrogen and oxygen atoms in total. The number of aryl methyl sites for hydroxylation is 1. The van der Waals surface area contributed by atoms with Crippen LogP contribution in [0.2, 0.25) is 0 Å². The highest BCUT2D eigenvalue weighted by Gasteiger charge is 2.43. The number of nitrogen functional groups attached to an aromatic ring is 1. The lowest BCUT2D eigenvalue weighted by Crippen LogP contribution is -2.49. The molecule has 2 N–H and O–H groups in total. The Morgan fingerprint density at radius 2 is 2.02 bits per heavy atom. The van der Waals surface area contributed by atoms with E-state index in [9.17, 15) is 18.4 Å². The van der Waals surface area contributed by atoms with Crippen molar-refractivity contribution in [2.45, 2.75) is 58.0 Å². The van der Waals surface area contributed by atoms with Crippen molar-refractivity contribution < 1.29 is 23.1 Å². The Morgan fingerprint density at radius 3 is 2.73 bits per heavy atom. The number of ether oxygens (including phenoxy) is 1. The number of pyridine rings is 1. The number of esters is 1. The van der Waals surface area contributed by atoms with Crippen LogP contribution in [-0.4, -0.2) is 73.8 Å². The third-order valence-electron chi connectivity index (χ3n) is 7.57. The van der Waals surface area contributed by atoms with E-state index in [1.165, 1.54) is 22.4 Å². The van der Waals surface area contributed by atoms with Gasteiger partial charge >= 0.3 is 5.97 Å². The molecule has 0 saturated carbocycles. The van der Waals surface area contributed by atoms with Crippen molar-refractivity contribution in [2.24, 2.45) is 0 Å². The van der Waals surface area contributed by atoms with Crippen LogP contribution >= 0.6 is 11.3 Å². The number of hydrogen-bond acceptors (Lipinski definition) is 10. The number of aromatic nitrogens is 2. The maximum Gasteiger partial charge on any atom is 0.329 e. The fourth-order valence-electron chi connectivity index (χ4n) is 5.58. The number of hydrogen-bond donors (Lipinski definition) is 1. The Morgan fingerprint density at radius 1 is 1.25 bits per heavy atom. The Kier molecular flexibility index (Phi) is 8.52. The second kappa shape index (κ2) is 12.1. The summed E-state index contributed by atoms with van der Waals surface area (Å²) in [5, 5.41) is 2.85. The van der Waals surface area contributed by atoms with Crippen LogP contribution in [0.25, 0.3) is 10.8 Å². The first-order chi connectivity index (χ1) is 19.3. The van der Waals surface area contributed by atoms with Gasteiger partial charge in [-0.3, -0.25) is 13.3 Å². The molecule has 214 valence electrons. The summed E-state index contributed by atoms with van der Waals surface area (Å²) in [6.45, 7) is 5.88. The quantitative estimate of drug-likeness (QED) is 0.280. The van der Waals surface area contributed by atoms with Crippen molar-refractivity contribution in [3.63, 3.8) is 0 Å². The molecular weight excluding hydrogens is 552 g/mol. The molecule has 0 spiro atoms. The zero-order chi connectivity index (χ0) is 28.4. The van der Waals surface area contributed by atoms with Gasteiger partial charge in [-0.1, -0.05) is 24.3 Å². The number of benzene rings is 1. The monoisotopic (exact) mass is 585 g/mol. The number of likely N-dealkylation sites (tertiary alicyclic amines) is 1. The van der Waals surface area contributed by atoms with E-state index in [0.717, 1.165) is 57.3 Å². The molecule has 4 heterocycles. The summed E-state index contributed by atoms with van der Waals surface area (Å²) in [7, 11) is 0. The van der Waals surface area contributed by atoms with Crippen LogP contribution < -0.4 is 14.9 Å². The first-order valence-electron chi connectivity index (χ1n) is 13.5. The highest BCUT2D eigenvalue weighted by Crippen LogP contribution is 2.36. The lowest BCUT2D eigenvalue weighted by atomic mass is 9.94. The Balaban J connectivity index is 1.43. The summed E-state index contributed by atoms with van der Waals surface area (Å²) in [5.74, 6) is -0.512. The van der Waals surface area contributed by atoms with E-state index in [-0.39, 0.29) is 26.0 Å². The third kappa shape index (κ3) is 5.50. The third-order valence-corrected chi connectivity index (χ3v) is 9.52. The highest BCUT2D eigenvalue weighted by molar-refractivity contribution is 7.81. The van der Waals surface area contributed by atoms with Crippen LogP contribution in [0, 0.1) is 0 Å². The van der Waals surface area contributed by atoms with Gasteiger partial charge in [0.15, 0.2) is 5.13 Å². The highest BCUT2D eigenvalue weighted by atomic mass is 32.2. The average molecular weight is 586 g/mol. The van der Waals surface area contributed by atoms with E-state index >= 15 is 0 Å². The SMILES string of the molecule is CCOC(=O)[C@@H](Cc1cc2ccnc(N)c2cc1CC)N1CC[C@H](N(c2cnc(N3CCCC3)s2)S(=O)[O-])C1=O. The lowest BCUT2D eigenvalue weighted by Gasteiger charge is -2.31. The lowest BCUT2D eigenvalue weighted by molar-refractivity contribution is -0.153. The molecule has 1 aromatic carbocycles. The van der Waals surface area contributed by atoms with Gasteiger partial charge in [-0.25, -0.2) is 14.8 Å². The molecule has 0 radical (unpaired) electrons. The molecule has 13 heteroatoms. The minimum absolute atomic E-state index is 0.165. The Hall–Kier alpha value is -3.29. The Labute approximate surface area is 239 Å². The van der Waals surface area contributed by atoms with Crippen LogP contribution in [0.15, 0.2) is 30.6 Å². The predicted octanol–water partition coefficient (Wildman–Crippen LogP) is 2.81. The number of anilines is 3. The van der Waals surface area contributed by atoms with Gasteiger partial charge in [0.25, 0.3) is 0 Å². The van der Waals surface area contributed by atoms with Crippen LogP contribution in [0.5, 0.6) is 0 Å². The average Bonchev–Trinajstić information content (AvgIpc) is 3.70. The zero-order valence-corrected chi connectivity index (χ0v) is 24.2. The Bertz CT molecular complexity index is 1430. The zero-order valence-electron chi connectivity index (χ0n) is 22.6. The molecular formula is C27H33N6O5S2-. The van der Waals surface area contributed by atoms with Crippen LogP contribution in [0.3, 0.4) is 0 Å². The molecule has 40 heavy (non-hydrogen) atoms. The molecule has 1 unspecified atom stereocenters. The van der Waals surface area contributed by atoms with Crippen molar-refractivity contribution in [2.75, 3.05) is 41.2 Å². The van der Waals surface area contributed by atoms with Gasteiger partial charge in [0, 0.05) is 48.9 Å². The van der Waals surface area contributed by atoms with Crippen LogP contribution in [0.4, 0.5) is 16.0 Å². The summed E-state index contributed by atoms with van der Waals surface area (Å²) >= 11 is -1.44. The molecule has 5 rings (SSSR count). The predicted molar refractivity (Wildman–Crippen MR) is 155 cm³/mol. The first-order valence-corrected chi connectivity index (χ1v) is 15.4. The van der Waals surface area contributed by atoms with Gasteiger partial charge in [-0.2, -0.15) is 0 Å². The van der Waals surface area contributed by atoms with E-state index in [2.05, 4.69) is 14.9 Å². The van der Waals surface area contributed by atoms with Crippen molar-refractivity contribution in [3.05, 3.63) is 41.7 Å². The van der Waals surface area contributed by atoms with Crippen molar-refractivity contribution in [3.8, 4) is 0 Å². The largest absolute Gasteiger partial charge is 0.755 e. The topological polar surface area (TPSA) is 145 Å². The van der Waals surface area contributed by atoms with Gasteiger partial charge in [0.2, 0.25) is 5.91 Å². The minimum atomic E-state index is -2.70. The number of fused-ring (bicyclic) bond motifs is 1. The summed E-state index contributed by atoms with van der Waals surface area (Å²) in [6.07, 6.45) is 6.46. The molecule has 1 amide bonds. The standard InChI is InChI=1S/C27H34N6O5S2/c1-3-17-14-20-18(7-9-29-24(20)28)13-19(17)15-22(26(35)38-4-2)32-12-8-21(25(32)34)33(40(36)37)23-16-30-27(39-23)31-10-5-6-11-31/h7,9,13-14,16,21-22H,3-6,8,10-12,15H2,1-2H3,(H2,28,29)(H,36,37)/p-1/t21-,22+/m0/s1. The van der Waals surface area contributed by atoms with Gasteiger partial charge in [0.05, 0.1) is 12.8 Å². The van der Waals surface area contributed by atoms with E-state index in [0.29, 0.717) is 17.2 Å².